The van der Waals surface area contributed by atoms with Crippen molar-refractivity contribution in [3.05, 3.63) is 23.3 Å². The number of esters is 1. The zero-order valence-corrected chi connectivity index (χ0v) is 8.15. The quantitative estimate of drug-likeness (QED) is 0.501. The molecule has 0 radical (unpaired) electrons. The van der Waals surface area contributed by atoms with Crippen LogP contribution in [0.3, 0.4) is 0 Å². The minimum atomic E-state index is -0.296. The van der Waals surface area contributed by atoms with E-state index in [1.54, 1.807) is 19.9 Å². The molecule has 3 heteroatoms. The summed E-state index contributed by atoms with van der Waals surface area (Å²) >= 11 is 5.47. The van der Waals surface area contributed by atoms with Crippen molar-refractivity contribution in [1.29, 1.82) is 0 Å². The first-order valence-corrected chi connectivity index (χ1v) is 4.09. The van der Waals surface area contributed by atoms with E-state index in [0.717, 1.165) is 0 Å². The minimum Gasteiger partial charge on any atom is -0.462 e. The minimum absolute atomic E-state index is 0.296. The average Bonchev–Trinajstić information content (AvgIpc) is 2.02. The fourth-order valence-electron chi connectivity index (χ4n) is 0.486. The van der Waals surface area contributed by atoms with E-state index in [4.69, 9.17) is 16.3 Å². The maximum atomic E-state index is 11.0. The molecular formula is C9H13ClO2. The molecule has 0 N–H and O–H groups in total. The summed E-state index contributed by atoms with van der Waals surface area (Å²) in [5, 5.41) is 0.501. The number of halogens is 1. The summed E-state index contributed by atoms with van der Waals surface area (Å²) in [5.41, 5.74) is 0.607. The summed E-state index contributed by atoms with van der Waals surface area (Å²) in [4.78, 5) is 11.0. The van der Waals surface area contributed by atoms with Crippen molar-refractivity contribution in [2.24, 2.45) is 0 Å². The second-order valence-electron chi connectivity index (χ2n) is 2.37. The molecule has 0 spiro atoms. The fourth-order valence-corrected chi connectivity index (χ4v) is 0.563. The van der Waals surface area contributed by atoms with Gasteiger partial charge in [-0.15, -0.1) is 0 Å². The molecule has 0 saturated carbocycles. The Hall–Kier alpha value is -0.760. The highest BCUT2D eigenvalue weighted by Gasteiger charge is 2.03. The van der Waals surface area contributed by atoms with E-state index in [9.17, 15) is 4.79 Å². The Morgan fingerprint density at radius 2 is 2.25 bits per heavy atom. The molecular weight excluding hydrogens is 176 g/mol. The summed E-state index contributed by atoms with van der Waals surface area (Å²) < 4.78 is 4.85. The molecule has 0 fully saturated rings. The first-order valence-electron chi connectivity index (χ1n) is 3.71. The molecule has 0 bridgehead atoms. The van der Waals surface area contributed by atoms with E-state index in [1.165, 1.54) is 0 Å². The molecule has 0 heterocycles. The molecule has 0 aliphatic carbocycles. The Kier molecular flexibility index (Phi) is 5.47. The molecule has 0 amide bonds. The summed E-state index contributed by atoms with van der Waals surface area (Å²) in [6.07, 6.45) is 2.21. The summed E-state index contributed by atoms with van der Waals surface area (Å²) in [5.74, 6) is -0.296. The highest BCUT2D eigenvalue weighted by Crippen LogP contribution is 2.04. The molecule has 0 saturated heterocycles. The molecule has 0 aromatic carbocycles. The number of hydrogen-bond acceptors (Lipinski definition) is 2. The highest BCUT2D eigenvalue weighted by molar-refractivity contribution is 6.29. The number of carbonyl (C=O) groups excluding carboxylic acids is 1. The van der Waals surface area contributed by atoms with Crippen LogP contribution in [0.1, 0.15) is 20.3 Å². The van der Waals surface area contributed by atoms with Crippen molar-refractivity contribution in [1.82, 2.24) is 0 Å². The van der Waals surface area contributed by atoms with Crippen molar-refractivity contribution in [2.45, 2.75) is 20.3 Å². The predicted octanol–water partition coefficient (Wildman–Crippen LogP) is 2.64. The Balaban J connectivity index is 3.65. The van der Waals surface area contributed by atoms with E-state index in [2.05, 4.69) is 6.58 Å². The molecule has 0 aromatic rings. The number of allylic oxidation sites excluding steroid dienone is 1. The van der Waals surface area contributed by atoms with E-state index < -0.39 is 0 Å². The third-order valence-corrected chi connectivity index (χ3v) is 1.55. The molecule has 12 heavy (non-hydrogen) atoms. The van der Waals surface area contributed by atoms with Crippen molar-refractivity contribution in [2.75, 3.05) is 6.61 Å². The second-order valence-corrected chi connectivity index (χ2v) is 2.91. The first kappa shape index (κ1) is 11.2. The molecule has 0 rings (SSSR count). The van der Waals surface area contributed by atoms with Crippen LogP contribution in [-0.2, 0) is 9.53 Å². The number of hydrogen-bond donors (Lipinski definition) is 0. The van der Waals surface area contributed by atoms with Gasteiger partial charge in [0.25, 0.3) is 0 Å². The van der Waals surface area contributed by atoms with Gasteiger partial charge in [-0.05, 0) is 13.8 Å². The summed E-state index contributed by atoms with van der Waals surface area (Å²) in [6, 6.07) is 0. The standard InChI is InChI=1S/C9H13ClO2/c1-4-7(2)9(11)12-6-5-8(3)10/h4H,3,5-6H2,1-2H3. The lowest BCUT2D eigenvalue weighted by Gasteiger charge is -2.02. The van der Waals surface area contributed by atoms with Crippen LogP contribution in [0.4, 0.5) is 0 Å². The molecule has 68 valence electrons. The highest BCUT2D eigenvalue weighted by atomic mass is 35.5. The molecule has 2 nitrogen and oxygen atoms in total. The van der Waals surface area contributed by atoms with Crippen molar-refractivity contribution in [3.63, 3.8) is 0 Å². The smallest absolute Gasteiger partial charge is 0.333 e. The molecule has 0 atom stereocenters. The van der Waals surface area contributed by atoms with Crippen molar-refractivity contribution < 1.29 is 9.53 Å². The number of carbonyl (C=O) groups is 1. The first-order chi connectivity index (χ1) is 5.57. The third kappa shape index (κ3) is 4.97. The lowest BCUT2D eigenvalue weighted by molar-refractivity contribution is -0.138. The van der Waals surface area contributed by atoms with Crippen LogP contribution >= 0.6 is 11.6 Å². The van der Waals surface area contributed by atoms with Crippen molar-refractivity contribution >= 4 is 17.6 Å². The van der Waals surface area contributed by atoms with Gasteiger partial charge in [0.1, 0.15) is 0 Å². The molecule has 0 aliphatic heterocycles. The van der Waals surface area contributed by atoms with E-state index in [-0.39, 0.29) is 5.97 Å². The van der Waals surface area contributed by atoms with Gasteiger partial charge in [0, 0.05) is 17.0 Å². The molecule has 0 aliphatic rings. The van der Waals surface area contributed by atoms with E-state index >= 15 is 0 Å². The SMILES string of the molecule is C=C(Cl)CCOC(=O)C(C)=CC. The van der Waals surface area contributed by atoms with Crippen LogP contribution in [0.25, 0.3) is 0 Å². The van der Waals surface area contributed by atoms with Crippen LogP contribution in [0, 0.1) is 0 Å². The largest absolute Gasteiger partial charge is 0.462 e. The Morgan fingerprint density at radius 1 is 1.67 bits per heavy atom. The molecule has 0 aromatic heterocycles. The van der Waals surface area contributed by atoms with Gasteiger partial charge in [0.15, 0.2) is 0 Å². The zero-order chi connectivity index (χ0) is 9.56. The van der Waals surface area contributed by atoms with E-state index in [0.29, 0.717) is 23.6 Å². The average molecular weight is 189 g/mol. The van der Waals surface area contributed by atoms with E-state index in [1.807, 2.05) is 0 Å². The summed E-state index contributed by atoms with van der Waals surface area (Å²) in [6.45, 7) is 7.27. The van der Waals surface area contributed by atoms with Gasteiger partial charge < -0.3 is 4.74 Å². The zero-order valence-electron chi connectivity index (χ0n) is 7.39. The third-order valence-electron chi connectivity index (χ3n) is 1.36. The maximum Gasteiger partial charge on any atom is 0.333 e. The lowest BCUT2D eigenvalue weighted by atomic mass is 10.3. The van der Waals surface area contributed by atoms with Crippen molar-refractivity contribution in [3.8, 4) is 0 Å². The monoisotopic (exact) mass is 188 g/mol. The van der Waals surface area contributed by atoms with Gasteiger partial charge in [-0.3, -0.25) is 0 Å². The van der Waals surface area contributed by atoms with Gasteiger partial charge in [0.05, 0.1) is 6.61 Å². The van der Waals surface area contributed by atoms with Crippen LogP contribution in [0.15, 0.2) is 23.3 Å². The van der Waals surface area contributed by atoms with Gasteiger partial charge >= 0.3 is 5.97 Å². The summed E-state index contributed by atoms with van der Waals surface area (Å²) in [7, 11) is 0. The maximum absolute atomic E-state index is 11.0. The van der Waals surface area contributed by atoms with Gasteiger partial charge in [0.2, 0.25) is 0 Å². The van der Waals surface area contributed by atoms with Gasteiger partial charge in [-0.1, -0.05) is 24.3 Å². The number of ether oxygens (including phenoxy) is 1. The normalized spacial score (nSPS) is 11.1. The topological polar surface area (TPSA) is 26.3 Å². The van der Waals surface area contributed by atoms with Crippen LogP contribution in [-0.4, -0.2) is 12.6 Å². The fraction of sp³-hybridized carbons (Fsp3) is 0.444. The van der Waals surface area contributed by atoms with Gasteiger partial charge in [-0.2, -0.15) is 0 Å². The Morgan fingerprint density at radius 3 is 2.67 bits per heavy atom. The van der Waals surface area contributed by atoms with Crippen LogP contribution in [0.5, 0.6) is 0 Å². The number of rotatable bonds is 4. The predicted molar refractivity (Wildman–Crippen MR) is 50.0 cm³/mol. The Labute approximate surface area is 77.9 Å². The second kappa shape index (κ2) is 5.84. The van der Waals surface area contributed by atoms with Crippen LogP contribution < -0.4 is 0 Å². The Bertz CT molecular complexity index is 207. The van der Waals surface area contributed by atoms with Gasteiger partial charge in [-0.25, -0.2) is 4.79 Å². The lowest BCUT2D eigenvalue weighted by Crippen LogP contribution is -2.06. The van der Waals surface area contributed by atoms with Crippen LogP contribution in [0.2, 0.25) is 0 Å². The molecule has 0 unspecified atom stereocenters.